The Morgan fingerprint density at radius 2 is 1.94 bits per heavy atom. The van der Waals surface area contributed by atoms with Gasteiger partial charge in [0.2, 0.25) is 0 Å². The number of halogens is 1. The van der Waals surface area contributed by atoms with Crippen molar-refractivity contribution in [2.75, 3.05) is 26.7 Å². The molecule has 3 amide bonds. The first-order valence-electron chi connectivity index (χ1n) is 10.6. The molecule has 0 bridgehead atoms. The van der Waals surface area contributed by atoms with Crippen molar-refractivity contribution in [2.45, 2.75) is 37.6 Å². The van der Waals surface area contributed by atoms with Gasteiger partial charge in [0.25, 0.3) is 5.91 Å². The summed E-state index contributed by atoms with van der Waals surface area (Å²) in [6.45, 7) is 2.39. The molecule has 2 aliphatic heterocycles. The summed E-state index contributed by atoms with van der Waals surface area (Å²) in [4.78, 5) is 38.8. The topological polar surface area (TPSA) is 87.7 Å². The van der Waals surface area contributed by atoms with Gasteiger partial charge in [-0.15, -0.1) is 0 Å². The molecule has 0 aromatic heterocycles. The number of amides is 3. The molecule has 7 nitrogen and oxygen atoms in total. The molecule has 0 radical (unpaired) electrons. The molecule has 8 heteroatoms. The van der Waals surface area contributed by atoms with Crippen molar-refractivity contribution >= 4 is 44.4 Å². The largest absolute Gasteiger partial charge is 0.496 e. The average molecular weight is 488 g/mol. The smallest absolute Gasteiger partial charge is 0.322 e. The first kappa shape index (κ1) is 21.8. The summed E-state index contributed by atoms with van der Waals surface area (Å²) >= 11 is 3.48. The number of urea groups is 1. The minimum atomic E-state index is -0.733. The molecular weight excluding hydrogens is 462 g/mol. The van der Waals surface area contributed by atoms with Crippen LogP contribution >= 0.6 is 15.9 Å². The molecule has 0 aliphatic carbocycles. The van der Waals surface area contributed by atoms with E-state index >= 15 is 0 Å². The third-order valence-corrected chi connectivity index (χ3v) is 6.79. The molecule has 2 aromatic rings. The van der Waals surface area contributed by atoms with Gasteiger partial charge < -0.3 is 15.0 Å². The lowest BCUT2D eigenvalue weighted by atomic mass is 9.87. The van der Waals surface area contributed by atoms with Gasteiger partial charge in [0.15, 0.2) is 5.78 Å². The fraction of sp³-hybridized carbons (Fsp3) is 0.435. The Balaban J connectivity index is 1.30. The Hall–Kier alpha value is -2.45. The maximum Gasteiger partial charge on any atom is 0.322 e. The molecule has 2 heterocycles. The number of ether oxygens (including phenoxy) is 1. The van der Waals surface area contributed by atoms with Crippen LogP contribution in [-0.4, -0.2) is 54.9 Å². The second-order valence-electron chi connectivity index (χ2n) is 8.22. The van der Waals surface area contributed by atoms with Gasteiger partial charge in [0.1, 0.15) is 11.3 Å². The maximum atomic E-state index is 13.0. The van der Waals surface area contributed by atoms with Crippen LogP contribution in [0.25, 0.3) is 10.8 Å². The van der Waals surface area contributed by atoms with Crippen LogP contribution in [0.1, 0.15) is 42.5 Å². The lowest BCUT2D eigenvalue weighted by Gasteiger charge is -2.36. The number of nitrogens with one attached hydrogen (secondary N) is 2. The molecule has 2 saturated heterocycles. The van der Waals surface area contributed by atoms with Gasteiger partial charge in [-0.25, -0.2) is 4.79 Å². The normalized spacial score (nSPS) is 18.3. The minimum absolute atomic E-state index is 0.0905. The second-order valence-corrected chi connectivity index (χ2v) is 9.14. The minimum Gasteiger partial charge on any atom is -0.496 e. The van der Waals surface area contributed by atoms with E-state index < -0.39 is 11.6 Å². The van der Waals surface area contributed by atoms with Crippen LogP contribution in [0.3, 0.4) is 0 Å². The summed E-state index contributed by atoms with van der Waals surface area (Å²) < 4.78 is 6.44. The fourth-order valence-corrected chi connectivity index (χ4v) is 4.90. The molecule has 2 aliphatic rings. The van der Waals surface area contributed by atoms with Crippen LogP contribution in [0.5, 0.6) is 5.75 Å². The summed E-state index contributed by atoms with van der Waals surface area (Å²) in [5, 5.41) is 7.03. The first-order valence-corrected chi connectivity index (χ1v) is 11.4. The van der Waals surface area contributed by atoms with Gasteiger partial charge in [-0.3, -0.25) is 14.9 Å². The van der Waals surface area contributed by atoms with Crippen molar-refractivity contribution in [1.29, 1.82) is 0 Å². The van der Waals surface area contributed by atoms with E-state index in [4.69, 9.17) is 4.74 Å². The molecular formula is C23H26BrN3O4. The molecule has 2 N–H and O–H groups in total. The van der Waals surface area contributed by atoms with Crippen LogP contribution in [-0.2, 0) is 4.79 Å². The van der Waals surface area contributed by atoms with E-state index in [1.807, 2.05) is 30.3 Å². The summed E-state index contributed by atoms with van der Waals surface area (Å²) in [5.74, 6) is 0.490. The number of Topliss-reactive ketones (excluding diaryl/α,β-unsaturated/α-hetero) is 1. The van der Waals surface area contributed by atoms with E-state index in [2.05, 4.69) is 31.5 Å². The Morgan fingerprint density at radius 1 is 1.16 bits per heavy atom. The monoisotopic (exact) mass is 487 g/mol. The fourth-order valence-electron chi connectivity index (χ4n) is 4.52. The Kier molecular flexibility index (Phi) is 6.29. The summed E-state index contributed by atoms with van der Waals surface area (Å²) in [5.41, 5.74) is -0.0842. The van der Waals surface area contributed by atoms with E-state index in [-0.39, 0.29) is 11.7 Å². The third kappa shape index (κ3) is 4.45. The lowest BCUT2D eigenvalue weighted by molar-refractivity contribution is -0.125. The molecule has 164 valence electrons. The van der Waals surface area contributed by atoms with Crippen molar-refractivity contribution in [3.63, 3.8) is 0 Å². The Labute approximate surface area is 189 Å². The number of ketones is 1. The van der Waals surface area contributed by atoms with E-state index in [0.29, 0.717) is 30.6 Å². The third-order valence-electron chi connectivity index (χ3n) is 6.29. The SMILES string of the molecule is COc1ccc2cc(Br)ccc2c1C(=O)CCCCN1CCC2(CC1)NC(=O)NC2=O. The molecule has 31 heavy (non-hydrogen) atoms. The molecule has 1 spiro atoms. The van der Waals surface area contributed by atoms with Crippen LogP contribution in [0, 0.1) is 0 Å². The van der Waals surface area contributed by atoms with Crippen LogP contribution in [0.2, 0.25) is 0 Å². The van der Waals surface area contributed by atoms with Gasteiger partial charge in [0.05, 0.1) is 12.7 Å². The number of methoxy groups -OCH3 is 1. The number of hydrogen-bond acceptors (Lipinski definition) is 5. The number of carbonyl (C=O) groups excluding carboxylic acids is 3. The predicted molar refractivity (Wildman–Crippen MR) is 121 cm³/mol. The van der Waals surface area contributed by atoms with Crippen LogP contribution < -0.4 is 15.4 Å². The van der Waals surface area contributed by atoms with Crippen LogP contribution in [0.15, 0.2) is 34.8 Å². The number of benzene rings is 2. The highest BCUT2D eigenvalue weighted by Crippen LogP contribution is 2.31. The molecule has 0 unspecified atom stereocenters. The molecule has 4 rings (SSSR count). The number of rotatable bonds is 7. The van der Waals surface area contributed by atoms with Gasteiger partial charge in [0, 0.05) is 24.0 Å². The standard InChI is InChI=1S/C23H26BrN3O4/c1-31-19-8-5-15-14-16(24)6-7-17(15)20(19)18(28)4-2-3-11-27-12-9-23(10-13-27)21(29)25-22(30)26-23/h5-8,14H,2-4,9-13H2,1H3,(H2,25,26,29,30). The van der Waals surface area contributed by atoms with Gasteiger partial charge in [-0.2, -0.15) is 0 Å². The van der Waals surface area contributed by atoms with Gasteiger partial charge >= 0.3 is 6.03 Å². The molecule has 2 fully saturated rings. The number of nitrogens with zero attached hydrogens (tertiary/aromatic N) is 1. The number of unbranched alkanes of at least 4 members (excludes halogenated alkanes) is 1. The number of piperidine rings is 1. The van der Waals surface area contributed by atoms with E-state index in [9.17, 15) is 14.4 Å². The Morgan fingerprint density at radius 3 is 2.61 bits per heavy atom. The molecule has 0 saturated carbocycles. The van der Waals surface area contributed by atoms with Gasteiger partial charge in [-0.1, -0.05) is 28.1 Å². The molecule has 2 aromatic carbocycles. The van der Waals surface area contributed by atoms with Crippen LogP contribution in [0.4, 0.5) is 4.79 Å². The van der Waals surface area contributed by atoms with E-state index in [0.717, 1.165) is 47.7 Å². The number of carbonyl (C=O) groups is 3. The van der Waals surface area contributed by atoms with Gasteiger partial charge in [-0.05, 0) is 61.2 Å². The number of fused-ring (bicyclic) bond motifs is 1. The summed E-state index contributed by atoms with van der Waals surface area (Å²) in [6.07, 6.45) is 3.38. The summed E-state index contributed by atoms with van der Waals surface area (Å²) in [6, 6.07) is 9.32. The van der Waals surface area contributed by atoms with Crippen molar-refractivity contribution in [2.24, 2.45) is 0 Å². The highest BCUT2D eigenvalue weighted by atomic mass is 79.9. The second kappa shape index (κ2) is 8.96. The van der Waals surface area contributed by atoms with Crippen molar-refractivity contribution in [1.82, 2.24) is 15.5 Å². The zero-order valence-electron chi connectivity index (χ0n) is 17.5. The van der Waals surface area contributed by atoms with Crippen molar-refractivity contribution in [3.05, 3.63) is 40.4 Å². The lowest BCUT2D eigenvalue weighted by Crippen LogP contribution is -2.54. The first-order chi connectivity index (χ1) is 14.9. The zero-order chi connectivity index (χ0) is 22.0. The maximum absolute atomic E-state index is 13.0. The number of imide groups is 1. The zero-order valence-corrected chi connectivity index (χ0v) is 19.1. The van der Waals surface area contributed by atoms with Crippen molar-refractivity contribution in [3.8, 4) is 5.75 Å². The number of hydrogen-bond donors (Lipinski definition) is 2. The highest BCUT2D eigenvalue weighted by Gasteiger charge is 2.47. The predicted octanol–water partition coefficient (Wildman–Crippen LogP) is 3.64. The molecule has 0 atom stereocenters. The van der Waals surface area contributed by atoms with E-state index in [1.54, 1.807) is 7.11 Å². The average Bonchev–Trinajstić information content (AvgIpc) is 3.03. The number of likely N-dealkylation sites (tertiary alicyclic amines) is 1. The summed E-state index contributed by atoms with van der Waals surface area (Å²) in [7, 11) is 1.59. The Bertz CT molecular complexity index is 1030. The van der Waals surface area contributed by atoms with Crippen molar-refractivity contribution < 1.29 is 19.1 Å². The van der Waals surface area contributed by atoms with E-state index in [1.165, 1.54) is 0 Å². The highest BCUT2D eigenvalue weighted by molar-refractivity contribution is 9.10. The quantitative estimate of drug-likeness (QED) is 0.353.